The van der Waals surface area contributed by atoms with E-state index in [1.807, 2.05) is 0 Å². The molecule has 1 aromatic carbocycles. The monoisotopic (exact) mass is 384 g/mol. The third-order valence-electron chi connectivity index (χ3n) is 6.03. The molecule has 3 aliphatic carbocycles. The van der Waals surface area contributed by atoms with Crippen LogP contribution >= 0.6 is 0 Å². The van der Waals surface area contributed by atoms with Gasteiger partial charge in [0.25, 0.3) is 0 Å². The fraction of sp³-hybridized carbons (Fsp3) is 0.667. The summed E-state index contributed by atoms with van der Waals surface area (Å²) in [6, 6.07) is 2.01. The van der Waals surface area contributed by atoms with Crippen molar-refractivity contribution in [3.05, 3.63) is 34.9 Å². The zero-order chi connectivity index (χ0) is 19.5. The molecular formula is C18H19F7O. The molecule has 0 saturated heterocycles. The van der Waals surface area contributed by atoms with Gasteiger partial charge in [0.15, 0.2) is 11.6 Å². The first-order valence-electron chi connectivity index (χ1n) is 8.47. The van der Waals surface area contributed by atoms with Gasteiger partial charge in [-0.05, 0) is 37.7 Å². The van der Waals surface area contributed by atoms with Gasteiger partial charge in [-0.1, -0.05) is 26.0 Å². The summed E-state index contributed by atoms with van der Waals surface area (Å²) in [6.07, 6.45) is -4.14. The smallest absolute Gasteiger partial charge is 0.331 e. The van der Waals surface area contributed by atoms with Crippen LogP contribution in [-0.2, 0) is 11.2 Å². The third-order valence-corrected chi connectivity index (χ3v) is 6.03. The summed E-state index contributed by atoms with van der Waals surface area (Å²) in [7, 11) is 0. The maximum atomic E-state index is 14.5. The van der Waals surface area contributed by atoms with Crippen LogP contribution in [0.5, 0.6) is 0 Å². The van der Waals surface area contributed by atoms with Gasteiger partial charge in [0.2, 0.25) is 6.36 Å². The predicted molar refractivity (Wildman–Crippen MR) is 79.9 cm³/mol. The number of alkyl halides is 5. The largest absolute Gasteiger partial charge is 0.339 e. The van der Waals surface area contributed by atoms with E-state index in [1.54, 1.807) is 6.92 Å². The van der Waals surface area contributed by atoms with Crippen molar-refractivity contribution in [1.82, 2.24) is 0 Å². The lowest BCUT2D eigenvalue weighted by Crippen LogP contribution is -2.72. The molecule has 0 aliphatic heterocycles. The Hall–Kier alpha value is -1.31. The second kappa shape index (κ2) is 5.84. The second-order valence-electron chi connectivity index (χ2n) is 7.43. The summed E-state index contributed by atoms with van der Waals surface area (Å²) in [5.41, 5.74) is -5.57. The summed E-state index contributed by atoms with van der Waals surface area (Å²) in [5, 5.41) is 0. The van der Waals surface area contributed by atoms with Crippen LogP contribution in [-0.4, -0.2) is 17.4 Å². The molecule has 1 unspecified atom stereocenters. The van der Waals surface area contributed by atoms with Crippen LogP contribution in [0, 0.1) is 17.0 Å². The van der Waals surface area contributed by atoms with Crippen molar-refractivity contribution in [1.29, 1.82) is 0 Å². The number of halogens is 7. The van der Waals surface area contributed by atoms with Crippen molar-refractivity contribution >= 4 is 0 Å². The SMILES string of the molecule is CCc1ccc(C(F)OC23CCC(C)(CC2)C(F)(F)C3(F)F)c(F)c1F. The van der Waals surface area contributed by atoms with E-state index in [-0.39, 0.29) is 24.8 Å². The Morgan fingerprint density at radius 2 is 1.54 bits per heavy atom. The predicted octanol–water partition coefficient (Wildman–Crippen LogP) is 6.12. The van der Waals surface area contributed by atoms with Crippen molar-refractivity contribution in [3.8, 4) is 0 Å². The molecule has 8 heteroatoms. The van der Waals surface area contributed by atoms with E-state index in [4.69, 9.17) is 4.74 Å². The highest BCUT2D eigenvalue weighted by Gasteiger charge is 2.81. The summed E-state index contributed by atoms with van der Waals surface area (Å²) in [6.45, 7) is 2.64. The minimum atomic E-state index is -4.62. The molecule has 0 aromatic heterocycles. The Morgan fingerprint density at radius 3 is 2.08 bits per heavy atom. The molecule has 2 bridgehead atoms. The standard InChI is InChI=1S/C18H19F7O/c1-3-10-4-5-11(13(20)12(10)19)14(21)26-16-8-6-15(2,7-9-16)17(22,23)18(16,24)25/h4-5,14H,3,6-9H2,1-2H3. The van der Waals surface area contributed by atoms with E-state index in [1.165, 1.54) is 0 Å². The van der Waals surface area contributed by atoms with Crippen LogP contribution in [0.4, 0.5) is 30.7 Å². The van der Waals surface area contributed by atoms with Crippen LogP contribution in [0.2, 0.25) is 0 Å². The fourth-order valence-electron chi connectivity index (χ4n) is 4.00. The number of rotatable bonds is 4. The molecule has 0 amide bonds. The van der Waals surface area contributed by atoms with E-state index >= 15 is 0 Å². The molecule has 26 heavy (non-hydrogen) atoms. The highest BCUT2D eigenvalue weighted by Crippen LogP contribution is 2.68. The van der Waals surface area contributed by atoms with Crippen molar-refractivity contribution in [2.24, 2.45) is 5.41 Å². The van der Waals surface area contributed by atoms with Crippen molar-refractivity contribution in [3.63, 3.8) is 0 Å². The molecule has 1 aromatic rings. The van der Waals surface area contributed by atoms with Crippen molar-refractivity contribution in [2.75, 3.05) is 0 Å². The first kappa shape index (κ1) is 19.5. The van der Waals surface area contributed by atoms with Gasteiger partial charge in [-0.2, -0.15) is 17.6 Å². The molecule has 3 saturated carbocycles. The molecule has 0 spiro atoms. The van der Waals surface area contributed by atoms with Gasteiger partial charge < -0.3 is 4.74 Å². The molecule has 4 rings (SSSR count). The van der Waals surface area contributed by atoms with Crippen molar-refractivity contribution in [2.45, 2.75) is 69.8 Å². The highest BCUT2D eigenvalue weighted by atomic mass is 19.3. The minimum absolute atomic E-state index is 0.0143. The Morgan fingerprint density at radius 1 is 0.962 bits per heavy atom. The zero-order valence-corrected chi connectivity index (χ0v) is 14.3. The molecule has 1 atom stereocenters. The van der Waals surface area contributed by atoms with Gasteiger partial charge in [0.1, 0.15) is 5.60 Å². The van der Waals surface area contributed by atoms with E-state index in [2.05, 4.69) is 0 Å². The maximum Gasteiger partial charge on any atom is 0.339 e. The average Bonchev–Trinajstić information content (AvgIpc) is 2.57. The molecule has 1 nitrogen and oxygen atoms in total. The lowest BCUT2D eigenvalue weighted by molar-refractivity contribution is -0.400. The zero-order valence-electron chi connectivity index (χ0n) is 14.3. The summed E-state index contributed by atoms with van der Waals surface area (Å²) in [4.78, 5) is 0. The Kier molecular flexibility index (Phi) is 4.37. The normalized spacial score (nSPS) is 33.3. The van der Waals surface area contributed by atoms with Crippen LogP contribution in [0.3, 0.4) is 0 Å². The molecule has 146 valence electrons. The number of hydrogen-bond donors (Lipinski definition) is 0. The first-order chi connectivity index (χ1) is 11.9. The van der Waals surface area contributed by atoms with Crippen LogP contribution < -0.4 is 0 Å². The van der Waals surface area contributed by atoms with Gasteiger partial charge in [-0.15, -0.1) is 0 Å². The lowest BCUT2D eigenvalue weighted by atomic mass is 9.55. The van der Waals surface area contributed by atoms with Gasteiger partial charge >= 0.3 is 11.8 Å². The fourth-order valence-corrected chi connectivity index (χ4v) is 4.00. The first-order valence-corrected chi connectivity index (χ1v) is 8.47. The van der Waals surface area contributed by atoms with E-state index in [0.29, 0.717) is 0 Å². The average molecular weight is 384 g/mol. The quantitative estimate of drug-likeness (QED) is 0.569. The number of fused-ring (bicyclic) bond motifs is 3. The molecule has 0 radical (unpaired) electrons. The Balaban J connectivity index is 1.95. The van der Waals surface area contributed by atoms with Gasteiger partial charge in [-0.25, -0.2) is 13.2 Å². The van der Waals surface area contributed by atoms with Crippen molar-refractivity contribution < 1.29 is 35.5 Å². The second-order valence-corrected chi connectivity index (χ2v) is 7.43. The topological polar surface area (TPSA) is 9.23 Å². The Bertz CT molecular complexity index is 708. The molecule has 0 N–H and O–H groups in total. The van der Waals surface area contributed by atoms with E-state index in [9.17, 15) is 30.7 Å². The van der Waals surface area contributed by atoms with Gasteiger partial charge in [0, 0.05) is 5.41 Å². The molecule has 0 heterocycles. The number of aryl methyl sites for hydroxylation is 1. The molecule has 3 fully saturated rings. The molecule has 3 aliphatic rings. The Labute approximate surface area is 146 Å². The maximum absolute atomic E-state index is 14.5. The van der Waals surface area contributed by atoms with E-state index in [0.717, 1.165) is 19.1 Å². The summed E-state index contributed by atoms with van der Waals surface area (Å²) in [5.74, 6) is -11.9. The van der Waals surface area contributed by atoms with Crippen LogP contribution in [0.1, 0.15) is 57.0 Å². The summed E-state index contributed by atoms with van der Waals surface area (Å²) >= 11 is 0. The number of hydrogen-bond acceptors (Lipinski definition) is 1. The number of ether oxygens (including phenoxy) is 1. The van der Waals surface area contributed by atoms with E-state index < -0.39 is 59.3 Å². The minimum Gasteiger partial charge on any atom is -0.331 e. The molecular weight excluding hydrogens is 365 g/mol. The lowest BCUT2D eigenvalue weighted by Gasteiger charge is -2.59. The number of benzene rings is 1. The van der Waals surface area contributed by atoms with Crippen LogP contribution in [0.25, 0.3) is 0 Å². The summed E-state index contributed by atoms with van der Waals surface area (Å²) < 4.78 is 105. The van der Waals surface area contributed by atoms with Gasteiger partial charge in [0.05, 0.1) is 5.56 Å². The van der Waals surface area contributed by atoms with Crippen LogP contribution in [0.15, 0.2) is 12.1 Å². The highest BCUT2D eigenvalue weighted by molar-refractivity contribution is 5.28. The third kappa shape index (κ3) is 2.33. The van der Waals surface area contributed by atoms with Gasteiger partial charge in [-0.3, -0.25) is 0 Å².